The van der Waals surface area contributed by atoms with Crippen molar-refractivity contribution in [3.8, 4) is 0 Å². The van der Waals surface area contributed by atoms with Crippen molar-refractivity contribution in [2.75, 3.05) is 20.6 Å². The van der Waals surface area contributed by atoms with Gasteiger partial charge in [0.1, 0.15) is 5.82 Å². The Bertz CT molecular complexity index is 465. The lowest BCUT2D eigenvalue weighted by molar-refractivity contribution is -0.137. The number of halogens is 1. The molecule has 0 aliphatic rings. The van der Waals surface area contributed by atoms with Crippen molar-refractivity contribution < 1.29 is 19.1 Å². The molecule has 104 valence electrons. The van der Waals surface area contributed by atoms with Crippen LogP contribution in [0.3, 0.4) is 0 Å². The van der Waals surface area contributed by atoms with Gasteiger partial charge in [0.2, 0.25) is 0 Å². The summed E-state index contributed by atoms with van der Waals surface area (Å²) in [4.78, 5) is 25.0. The molecular weight excluding hydrogens is 251 g/mol. The van der Waals surface area contributed by atoms with Crippen molar-refractivity contribution >= 4 is 12.0 Å². The minimum Gasteiger partial charge on any atom is -0.481 e. The highest BCUT2D eigenvalue weighted by Gasteiger charge is 2.16. The lowest BCUT2D eigenvalue weighted by atomic mass is 10.2. The van der Waals surface area contributed by atoms with E-state index >= 15 is 0 Å². The number of hydrogen-bond donors (Lipinski definition) is 1. The van der Waals surface area contributed by atoms with E-state index in [0.29, 0.717) is 5.56 Å². The molecule has 1 rings (SSSR count). The van der Waals surface area contributed by atoms with Crippen LogP contribution >= 0.6 is 0 Å². The van der Waals surface area contributed by atoms with E-state index in [-0.39, 0.29) is 31.4 Å². The number of carbonyl (C=O) groups excluding carboxylic acids is 1. The van der Waals surface area contributed by atoms with Crippen LogP contribution in [0.25, 0.3) is 0 Å². The van der Waals surface area contributed by atoms with E-state index in [1.165, 1.54) is 22.9 Å². The number of urea groups is 1. The molecule has 0 unspecified atom stereocenters. The largest absolute Gasteiger partial charge is 0.481 e. The summed E-state index contributed by atoms with van der Waals surface area (Å²) in [5.41, 5.74) is 0.421. The minimum absolute atomic E-state index is 0.115. The topological polar surface area (TPSA) is 60.9 Å². The fraction of sp³-hybridized carbons (Fsp3) is 0.385. The molecular formula is C13H17FN2O3. The maximum atomic E-state index is 13.4. The van der Waals surface area contributed by atoms with E-state index in [1.807, 2.05) is 0 Å². The van der Waals surface area contributed by atoms with Gasteiger partial charge in [0.05, 0.1) is 6.42 Å². The summed E-state index contributed by atoms with van der Waals surface area (Å²) >= 11 is 0. The van der Waals surface area contributed by atoms with Crippen molar-refractivity contribution in [1.29, 1.82) is 0 Å². The molecule has 1 aromatic rings. The Labute approximate surface area is 111 Å². The van der Waals surface area contributed by atoms with E-state index < -0.39 is 5.97 Å². The normalized spacial score (nSPS) is 10.1. The van der Waals surface area contributed by atoms with E-state index in [2.05, 4.69) is 0 Å². The van der Waals surface area contributed by atoms with Gasteiger partial charge in [-0.25, -0.2) is 9.18 Å². The van der Waals surface area contributed by atoms with Gasteiger partial charge in [-0.2, -0.15) is 0 Å². The SMILES string of the molecule is CN(CCC(=O)O)C(=O)N(C)Cc1ccccc1F. The third-order valence-corrected chi connectivity index (χ3v) is 2.68. The van der Waals surface area contributed by atoms with E-state index in [4.69, 9.17) is 5.11 Å². The predicted octanol–water partition coefficient (Wildman–Crippen LogP) is 1.78. The molecule has 2 amide bonds. The Morgan fingerprint density at radius 3 is 2.42 bits per heavy atom. The van der Waals surface area contributed by atoms with Crippen LogP contribution in [0.4, 0.5) is 9.18 Å². The monoisotopic (exact) mass is 268 g/mol. The summed E-state index contributed by atoms with van der Waals surface area (Å²) in [6.45, 7) is 0.263. The Kier molecular flexibility index (Phi) is 5.29. The van der Waals surface area contributed by atoms with Crippen LogP contribution in [0.15, 0.2) is 24.3 Å². The summed E-state index contributed by atoms with van der Waals surface area (Å²) in [5, 5.41) is 8.55. The number of carboxylic acid groups (broad SMARTS) is 1. The van der Waals surface area contributed by atoms with Gasteiger partial charge in [0.15, 0.2) is 0 Å². The predicted molar refractivity (Wildman–Crippen MR) is 68.1 cm³/mol. The van der Waals surface area contributed by atoms with Gasteiger partial charge in [-0.1, -0.05) is 18.2 Å². The molecule has 1 N–H and O–H groups in total. The quantitative estimate of drug-likeness (QED) is 0.885. The van der Waals surface area contributed by atoms with Gasteiger partial charge >= 0.3 is 12.0 Å². The third-order valence-electron chi connectivity index (χ3n) is 2.68. The highest BCUT2D eigenvalue weighted by molar-refractivity contribution is 5.75. The standard InChI is InChI=1S/C13H17FN2O3/c1-15(8-7-12(17)18)13(19)16(2)9-10-5-3-4-6-11(10)14/h3-6H,7-9H2,1-2H3,(H,17,18). The number of nitrogens with zero attached hydrogens (tertiary/aromatic N) is 2. The molecule has 0 aliphatic carbocycles. The zero-order chi connectivity index (χ0) is 14.4. The first kappa shape index (κ1) is 14.9. The third kappa shape index (κ3) is 4.57. The number of amides is 2. The van der Waals surface area contributed by atoms with Crippen LogP contribution in [-0.4, -0.2) is 47.5 Å². The summed E-state index contributed by atoms with van der Waals surface area (Å²) in [6, 6.07) is 5.88. The van der Waals surface area contributed by atoms with Crippen LogP contribution in [0.5, 0.6) is 0 Å². The van der Waals surface area contributed by atoms with Crippen LogP contribution < -0.4 is 0 Å². The van der Waals surface area contributed by atoms with E-state index in [9.17, 15) is 14.0 Å². The maximum absolute atomic E-state index is 13.4. The number of aliphatic carboxylic acids is 1. The Hall–Kier alpha value is -2.11. The number of hydrogen-bond acceptors (Lipinski definition) is 2. The molecule has 0 atom stereocenters. The van der Waals surface area contributed by atoms with Gasteiger partial charge < -0.3 is 14.9 Å². The zero-order valence-electron chi connectivity index (χ0n) is 11.0. The summed E-state index contributed by atoms with van der Waals surface area (Å²) in [7, 11) is 3.06. The number of benzene rings is 1. The van der Waals surface area contributed by atoms with Crippen molar-refractivity contribution in [3.05, 3.63) is 35.6 Å². The molecule has 0 aromatic heterocycles. The molecule has 0 heterocycles. The first-order valence-electron chi connectivity index (χ1n) is 5.83. The lowest BCUT2D eigenvalue weighted by Gasteiger charge is -2.24. The molecule has 19 heavy (non-hydrogen) atoms. The summed E-state index contributed by atoms with van der Waals surface area (Å²) in [6.07, 6.45) is -0.115. The van der Waals surface area contributed by atoms with Gasteiger partial charge in [-0.3, -0.25) is 4.79 Å². The van der Waals surface area contributed by atoms with Crippen molar-refractivity contribution in [2.45, 2.75) is 13.0 Å². The molecule has 0 spiro atoms. The molecule has 1 aromatic carbocycles. The van der Waals surface area contributed by atoms with Gasteiger partial charge in [0, 0.05) is 32.7 Å². The second-order valence-electron chi connectivity index (χ2n) is 4.30. The Morgan fingerprint density at radius 1 is 1.21 bits per heavy atom. The molecule has 0 fully saturated rings. The van der Waals surface area contributed by atoms with Gasteiger partial charge in [0.25, 0.3) is 0 Å². The average molecular weight is 268 g/mol. The summed E-state index contributed by atoms with van der Waals surface area (Å²) in [5.74, 6) is -1.33. The van der Waals surface area contributed by atoms with E-state index in [0.717, 1.165) is 0 Å². The van der Waals surface area contributed by atoms with Gasteiger partial charge in [-0.15, -0.1) is 0 Å². The molecule has 0 saturated heterocycles. The fourth-order valence-electron chi connectivity index (χ4n) is 1.60. The fourth-order valence-corrected chi connectivity index (χ4v) is 1.60. The van der Waals surface area contributed by atoms with Crippen molar-refractivity contribution in [1.82, 2.24) is 9.80 Å². The number of carbonyl (C=O) groups is 2. The summed E-state index contributed by atoms with van der Waals surface area (Å²) < 4.78 is 13.4. The van der Waals surface area contributed by atoms with Crippen LogP contribution in [-0.2, 0) is 11.3 Å². The number of carboxylic acids is 1. The highest BCUT2D eigenvalue weighted by atomic mass is 19.1. The Morgan fingerprint density at radius 2 is 1.84 bits per heavy atom. The molecule has 6 heteroatoms. The zero-order valence-corrected chi connectivity index (χ0v) is 11.0. The smallest absolute Gasteiger partial charge is 0.319 e. The number of rotatable bonds is 5. The molecule has 0 bridgehead atoms. The van der Waals surface area contributed by atoms with Crippen molar-refractivity contribution in [2.24, 2.45) is 0 Å². The van der Waals surface area contributed by atoms with Crippen LogP contribution in [0, 0.1) is 5.82 Å². The second kappa shape index (κ2) is 6.72. The molecule has 0 saturated carbocycles. The lowest BCUT2D eigenvalue weighted by Crippen LogP contribution is -2.39. The second-order valence-corrected chi connectivity index (χ2v) is 4.30. The maximum Gasteiger partial charge on any atom is 0.319 e. The Balaban J connectivity index is 2.57. The van der Waals surface area contributed by atoms with Gasteiger partial charge in [-0.05, 0) is 6.07 Å². The van der Waals surface area contributed by atoms with Crippen LogP contribution in [0.1, 0.15) is 12.0 Å². The molecule has 0 radical (unpaired) electrons. The molecule has 0 aliphatic heterocycles. The van der Waals surface area contributed by atoms with Crippen LogP contribution in [0.2, 0.25) is 0 Å². The van der Waals surface area contributed by atoms with Crippen molar-refractivity contribution in [3.63, 3.8) is 0 Å². The first-order chi connectivity index (χ1) is 8.91. The van der Waals surface area contributed by atoms with E-state index in [1.54, 1.807) is 25.2 Å². The molecule has 5 nitrogen and oxygen atoms in total. The minimum atomic E-state index is -0.962. The average Bonchev–Trinajstić information content (AvgIpc) is 2.37. The highest BCUT2D eigenvalue weighted by Crippen LogP contribution is 2.10. The first-order valence-corrected chi connectivity index (χ1v) is 5.83.